The molecule has 0 radical (unpaired) electrons. The molecule has 0 bridgehead atoms. The number of rotatable bonds is 2. The molecule has 6 heteroatoms. The van der Waals surface area contributed by atoms with E-state index in [4.69, 9.17) is 5.73 Å². The van der Waals surface area contributed by atoms with E-state index in [-0.39, 0.29) is 5.41 Å². The smallest absolute Gasteiger partial charge is 0.234 e. The second kappa shape index (κ2) is 3.78. The molecular weight excluding hydrogens is 222 g/mol. The zero-order valence-electron chi connectivity index (χ0n) is 9.09. The summed E-state index contributed by atoms with van der Waals surface area (Å²) in [6.45, 7) is 0.644. The minimum atomic E-state index is 0.00569. The van der Waals surface area contributed by atoms with Crippen LogP contribution < -0.4 is 5.73 Å². The van der Waals surface area contributed by atoms with Gasteiger partial charge in [0.15, 0.2) is 5.82 Å². The number of aromatic nitrogens is 4. The Hall–Kier alpha value is -1.01. The van der Waals surface area contributed by atoms with Crippen LogP contribution in [0.5, 0.6) is 0 Å². The number of fused-ring (bicyclic) bond motifs is 1. The van der Waals surface area contributed by atoms with Crippen molar-refractivity contribution in [1.82, 2.24) is 19.8 Å². The van der Waals surface area contributed by atoms with Gasteiger partial charge in [-0.2, -0.15) is 9.61 Å². The van der Waals surface area contributed by atoms with Crippen LogP contribution in [0, 0.1) is 0 Å². The average molecular weight is 237 g/mol. The van der Waals surface area contributed by atoms with Crippen molar-refractivity contribution in [3.05, 3.63) is 11.3 Å². The normalized spacial score (nSPS) is 20.3. The standard InChI is InChI=1S/C10H15N5S/c11-6-10(4-2-1-3-5-10)8-13-14-9-15(8)12-7-16-9/h7H,1-6,11H2. The fraction of sp³-hybridized carbons (Fsp3) is 0.700. The third-order valence-electron chi connectivity index (χ3n) is 3.61. The molecule has 1 aliphatic carbocycles. The van der Waals surface area contributed by atoms with Crippen molar-refractivity contribution in [3.63, 3.8) is 0 Å². The van der Waals surface area contributed by atoms with E-state index in [0.717, 1.165) is 23.6 Å². The van der Waals surface area contributed by atoms with Crippen LogP contribution in [0.15, 0.2) is 5.51 Å². The lowest BCUT2D eigenvalue weighted by Gasteiger charge is -2.33. The fourth-order valence-corrected chi connectivity index (χ4v) is 3.20. The van der Waals surface area contributed by atoms with Crippen molar-refractivity contribution in [2.75, 3.05) is 6.54 Å². The molecule has 2 aromatic rings. The van der Waals surface area contributed by atoms with Crippen molar-refractivity contribution >= 4 is 16.3 Å². The Kier molecular flexibility index (Phi) is 2.40. The number of hydrogen-bond acceptors (Lipinski definition) is 5. The summed E-state index contributed by atoms with van der Waals surface area (Å²) in [5, 5.41) is 12.8. The molecule has 0 amide bonds. The first kappa shape index (κ1) is 10.2. The highest BCUT2D eigenvalue weighted by molar-refractivity contribution is 7.14. The molecular formula is C10H15N5S. The van der Waals surface area contributed by atoms with Crippen LogP contribution in [-0.2, 0) is 5.41 Å². The van der Waals surface area contributed by atoms with Crippen molar-refractivity contribution in [1.29, 1.82) is 0 Å². The molecule has 2 aromatic heterocycles. The van der Waals surface area contributed by atoms with E-state index in [2.05, 4.69) is 15.3 Å². The van der Waals surface area contributed by atoms with Crippen molar-refractivity contribution in [2.24, 2.45) is 5.73 Å². The summed E-state index contributed by atoms with van der Waals surface area (Å²) in [4.78, 5) is 0.869. The maximum absolute atomic E-state index is 5.98. The summed E-state index contributed by atoms with van der Waals surface area (Å²) >= 11 is 1.52. The quantitative estimate of drug-likeness (QED) is 0.856. The lowest BCUT2D eigenvalue weighted by atomic mass is 9.73. The summed E-state index contributed by atoms with van der Waals surface area (Å²) in [6.07, 6.45) is 6.00. The molecule has 86 valence electrons. The number of nitrogens with zero attached hydrogens (tertiary/aromatic N) is 4. The molecule has 1 saturated carbocycles. The van der Waals surface area contributed by atoms with Crippen LogP contribution in [0.2, 0.25) is 0 Å². The molecule has 0 spiro atoms. The van der Waals surface area contributed by atoms with Gasteiger partial charge in [0, 0.05) is 12.0 Å². The lowest BCUT2D eigenvalue weighted by molar-refractivity contribution is 0.281. The van der Waals surface area contributed by atoms with Gasteiger partial charge in [-0.1, -0.05) is 30.6 Å². The minimum Gasteiger partial charge on any atom is -0.329 e. The van der Waals surface area contributed by atoms with Gasteiger partial charge >= 0.3 is 0 Å². The van der Waals surface area contributed by atoms with Crippen molar-refractivity contribution in [3.8, 4) is 0 Å². The Bertz CT molecular complexity index is 482. The van der Waals surface area contributed by atoms with Crippen LogP contribution in [-0.4, -0.2) is 26.4 Å². The SMILES string of the molecule is NCC1(c2nnc3scnn23)CCCCC1. The van der Waals surface area contributed by atoms with Crippen LogP contribution in [0.4, 0.5) is 0 Å². The van der Waals surface area contributed by atoms with Gasteiger partial charge < -0.3 is 5.73 Å². The van der Waals surface area contributed by atoms with Crippen LogP contribution in [0.3, 0.4) is 0 Å². The molecule has 0 saturated heterocycles. The minimum absolute atomic E-state index is 0.00569. The number of nitrogens with two attached hydrogens (primary N) is 1. The summed E-state index contributed by atoms with van der Waals surface area (Å²) in [5.41, 5.74) is 7.80. The molecule has 0 atom stereocenters. The summed E-state index contributed by atoms with van der Waals surface area (Å²) in [5.74, 6) is 0.964. The van der Waals surface area contributed by atoms with Gasteiger partial charge in [-0.05, 0) is 12.8 Å². The van der Waals surface area contributed by atoms with Gasteiger partial charge in [0.2, 0.25) is 4.96 Å². The second-order valence-corrected chi connectivity index (χ2v) is 5.31. The Balaban J connectivity index is 2.09. The van der Waals surface area contributed by atoms with E-state index in [1.165, 1.54) is 30.6 Å². The molecule has 16 heavy (non-hydrogen) atoms. The third kappa shape index (κ3) is 1.36. The maximum Gasteiger partial charge on any atom is 0.234 e. The first-order valence-electron chi connectivity index (χ1n) is 5.71. The Morgan fingerprint density at radius 1 is 1.31 bits per heavy atom. The van der Waals surface area contributed by atoms with E-state index in [1.807, 2.05) is 4.52 Å². The van der Waals surface area contributed by atoms with Crippen LogP contribution >= 0.6 is 11.3 Å². The predicted octanol–water partition coefficient (Wildman–Crippen LogP) is 1.35. The zero-order chi connectivity index (χ0) is 11.0. The van der Waals surface area contributed by atoms with Gasteiger partial charge in [-0.25, -0.2) is 0 Å². The van der Waals surface area contributed by atoms with E-state index in [9.17, 15) is 0 Å². The molecule has 1 fully saturated rings. The average Bonchev–Trinajstić information content (AvgIpc) is 2.91. The molecule has 2 N–H and O–H groups in total. The molecule has 0 unspecified atom stereocenters. The maximum atomic E-state index is 5.98. The van der Waals surface area contributed by atoms with Gasteiger partial charge in [-0.3, -0.25) is 0 Å². The summed E-state index contributed by atoms with van der Waals surface area (Å²) in [7, 11) is 0. The largest absolute Gasteiger partial charge is 0.329 e. The van der Waals surface area contributed by atoms with E-state index in [1.54, 1.807) is 5.51 Å². The second-order valence-electron chi connectivity index (χ2n) is 4.50. The zero-order valence-corrected chi connectivity index (χ0v) is 9.91. The highest BCUT2D eigenvalue weighted by Gasteiger charge is 2.37. The van der Waals surface area contributed by atoms with E-state index < -0.39 is 0 Å². The van der Waals surface area contributed by atoms with E-state index >= 15 is 0 Å². The first-order valence-corrected chi connectivity index (χ1v) is 6.59. The van der Waals surface area contributed by atoms with Gasteiger partial charge in [0.05, 0.1) is 0 Å². The van der Waals surface area contributed by atoms with Crippen molar-refractivity contribution < 1.29 is 0 Å². The van der Waals surface area contributed by atoms with Crippen LogP contribution in [0.1, 0.15) is 37.9 Å². The van der Waals surface area contributed by atoms with Gasteiger partial charge in [0.25, 0.3) is 0 Å². The summed E-state index contributed by atoms with van der Waals surface area (Å²) < 4.78 is 1.86. The van der Waals surface area contributed by atoms with E-state index in [0.29, 0.717) is 6.54 Å². The predicted molar refractivity (Wildman–Crippen MR) is 62.5 cm³/mol. The highest BCUT2D eigenvalue weighted by Crippen LogP contribution is 2.37. The Morgan fingerprint density at radius 3 is 2.88 bits per heavy atom. The molecule has 3 rings (SSSR count). The van der Waals surface area contributed by atoms with Crippen LogP contribution in [0.25, 0.3) is 4.96 Å². The van der Waals surface area contributed by atoms with Crippen molar-refractivity contribution in [2.45, 2.75) is 37.5 Å². The molecule has 0 aliphatic heterocycles. The fourth-order valence-electron chi connectivity index (χ4n) is 2.64. The first-order chi connectivity index (χ1) is 7.86. The Morgan fingerprint density at radius 2 is 2.12 bits per heavy atom. The lowest BCUT2D eigenvalue weighted by Crippen LogP contribution is -2.39. The molecule has 0 aromatic carbocycles. The van der Waals surface area contributed by atoms with Gasteiger partial charge in [0.1, 0.15) is 5.51 Å². The highest BCUT2D eigenvalue weighted by atomic mass is 32.1. The Labute approximate surface area is 97.7 Å². The molecule has 1 aliphatic rings. The molecule has 5 nitrogen and oxygen atoms in total. The molecule has 2 heterocycles. The topological polar surface area (TPSA) is 69.1 Å². The third-order valence-corrected chi connectivity index (χ3v) is 4.27. The summed E-state index contributed by atoms with van der Waals surface area (Å²) in [6, 6.07) is 0. The monoisotopic (exact) mass is 237 g/mol. The van der Waals surface area contributed by atoms with Gasteiger partial charge in [-0.15, -0.1) is 10.2 Å². The number of hydrogen-bond donors (Lipinski definition) is 1.